The van der Waals surface area contributed by atoms with Gasteiger partial charge in [0.15, 0.2) is 6.61 Å². The number of ether oxygens (including phenoxy) is 1. The molecule has 0 saturated heterocycles. The quantitative estimate of drug-likeness (QED) is 0.542. The van der Waals surface area contributed by atoms with Crippen molar-refractivity contribution >= 4 is 27.8 Å². The van der Waals surface area contributed by atoms with Gasteiger partial charge in [0.2, 0.25) is 0 Å². The van der Waals surface area contributed by atoms with Gasteiger partial charge in [-0.25, -0.2) is 0 Å². The third kappa shape index (κ3) is 3.45. The van der Waals surface area contributed by atoms with Gasteiger partial charge in [0.1, 0.15) is 0 Å². The summed E-state index contributed by atoms with van der Waals surface area (Å²) >= 11 is 3.93. The van der Waals surface area contributed by atoms with Crippen molar-refractivity contribution in [3.8, 4) is 0 Å². The largest absolute Gasteiger partial charge is 0.455 e. The minimum absolute atomic E-state index is 0.122. The van der Waals surface area contributed by atoms with Gasteiger partial charge in [-0.2, -0.15) is 0 Å². The Balaban J connectivity index is 1.32. The molecule has 0 aromatic carbocycles. The SMILES string of the molecule is CC1CCCC(NC(=O)COC(=O)C23CC4CC(CC(Br)(C4)C2)C3)C1C. The summed E-state index contributed by atoms with van der Waals surface area (Å²) in [6.07, 6.45) is 9.86. The maximum atomic E-state index is 12.9. The summed E-state index contributed by atoms with van der Waals surface area (Å²) < 4.78 is 5.70. The normalized spacial score (nSPS) is 46.8. The van der Waals surface area contributed by atoms with E-state index in [2.05, 4.69) is 35.1 Å². The molecule has 5 fully saturated rings. The predicted octanol–water partition coefficient (Wildman–Crippen LogP) is 4.20. The fourth-order valence-electron chi connectivity index (χ4n) is 6.71. The van der Waals surface area contributed by atoms with Crippen LogP contribution in [0.3, 0.4) is 0 Å². The van der Waals surface area contributed by atoms with Gasteiger partial charge in [-0.05, 0) is 68.6 Å². The van der Waals surface area contributed by atoms with E-state index in [0.717, 1.165) is 32.1 Å². The van der Waals surface area contributed by atoms with Gasteiger partial charge in [0.05, 0.1) is 5.41 Å². The van der Waals surface area contributed by atoms with Crippen molar-refractivity contribution in [3.63, 3.8) is 0 Å². The molecule has 0 spiro atoms. The van der Waals surface area contributed by atoms with E-state index in [4.69, 9.17) is 4.74 Å². The van der Waals surface area contributed by atoms with Crippen molar-refractivity contribution < 1.29 is 14.3 Å². The van der Waals surface area contributed by atoms with Crippen molar-refractivity contribution in [1.82, 2.24) is 5.32 Å². The Labute approximate surface area is 165 Å². The van der Waals surface area contributed by atoms with Crippen LogP contribution in [0.2, 0.25) is 0 Å². The first-order valence-electron chi connectivity index (χ1n) is 10.4. The number of carbonyl (C=O) groups excluding carboxylic acids is 2. The average molecular weight is 426 g/mol. The summed E-state index contributed by atoms with van der Waals surface area (Å²) in [7, 11) is 0. The highest BCUT2D eigenvalue weighted by Gasteiger charge is 2.60. The first-order valence-corrected chi connectivity index (χ1v) is 11.2. The number of hydrogen-bond acceptors (Lipinski definition) is 3. The minimum atomic E-state index is -0.347. The second-order valence-corrected chi connectivity index (χ2v) is 11.6. The zero-order valence-corrected chi connectivity index (χ0v) is 17.6. The first-order chi connectivity index (χ1) is 12.3. The van der Waals surface area contributed by atoms with Gasteiger partial charge in [-0.3, -0.25) is 9.59 Å². The summed E-state index contributed by atoms with van der Waals surface area (Å²) in [5.74, 6) is 2.14. The predicted molar refractivity (Wildman–Crippen MR) is 104 cm³/mol. The van der Waals surface area contributed by atoms with Crippen LogP contribution in [0.5, 0.6) is 0 Å². The summed E-state index contributed by atoms with van der Waals surface area (Å²) in [5.41, 5.74) is -0.347. The van der Waals surface area contributed by atoms with Crippen molar-refractivity contribution in [3.05, 3.63) is 0 Å². The Bertz CT molecular complexity index is 578. The Morgan fingerprint density at radius 2 is 1.81 bits per heavy atom. The molecule has 4 bridgehead atoms. The van der Waals surface area contributed by atoms with Crippen LogP contribution >= 0.6 is 15.9 Å². The van der Waals surface area contributed by atoms with E-state index in [1.165, 1.54) is 25.7 Å². The Kier molecular flexibility index (Phi) is 4.90. The molecule has 1 N–H and O–H groups in total. The molecule has 5 unspecified atom stereocenters. The number of carbonyl (C=O) groups is 2. The fourth-order valence-corrected chi connectivity index (χ4v) is 8.16. The molecule has 4 nitrogen and oxygen atoms in total. The van der Waals surface area contributed by atoms with Crippen molar-refractivity contribution in [2.24, 2.45) is 29.1 Å². The topological polar surface area (TPSA) is 55.4 Å². The average Bonchev–Trinajstić information content (AvgIpc) is 2.54. The summed E-state index contributed by atoms with van der Waals surface area (Å²) in [4.78, 5) is 25.3. The van der Waals surface area contributed by atoms with E-state index in [0.29, 0.717) is 23.7 Å². The van der Waals surface area contributed by atoms with Crippen LogP contribution in [0.25, 0.3) is 0 Å². The van der Waals surface area contributed by atoms with Gasteiger partial charge >= 0.3 is 5.97 Å². The van der Waals surface area contributed by atoms with Crippen molar-refractivity contribution in [1.29, 1.82) is 0 Å². The molecule has 5 saturated carbocycles. The van der Waals surface area contributed by atoms with Gasteiger partial charge in [0.25, 0.3) is 5.91 Å². The number of rotatable bonds is 4. The number of amides is 1. The molecule has 0 radical (unpaired) electrons. The summed E-state index contributed by atoms with van der Waals surface area (Å²) in [6.45, 7) is 4.35. The maximum Gasteiger partial charge on any atom is 0.312 e. The van der Waals surface area contributed by atoms with Crippen LogP contribution in [-0.4, -0.2) is 28.8 Å². The first kappa shape index (κ1) is 18.8. The number of alkyl halides is 1. The molecule has 1 amide bonds. The van der Waals surface area contributed by atoms with Crippen LogP contribution in [0, 0.1) is 29.1 Å². The lowest BCUT2D eigenvalue weighted by atomic mass is 9.49. The summed E-state index contributed by atoms with van der Waals surface area (Å²) in [5, 5.41) is 3.11. The zero-order valence-electron chi connectivity index (χ0n) is 16.1. The molecule has 5 heteroatoms. The lowest BCUT2D eigenvalue weighted by Gasteiger charge is -2.58. The van der Waals surface area contributed by atoms with Crippen molar-refractivity contribution in [2.75, 3.05) is 6.61 Å². The molecule has 146 valence electrons. The zero-order chi connectivity index (χ0) is 18.5. The molecule has 0 aromatic rings. The lowest BCUT2D eigenvalue weighted by Crippen LogP contribution is -2.56. The highest BCUT2D eigenvalue weighted by atomic mass is 79.9. The standard InChI is InChI=1S/C21H32BrNO3/c1-13-4-3-5-17(14(13)2)23-18(24)11-26-19(25)20-7-15-6-16(8-20)10-21(22,9-15)12-20/h13-17H,3-12H2,1-2H3,(H,23,24). The van der Waals surface area contributed by atoms with Gasteiger partial charge in [0, 0.05) is 10.4 Å². The second kappa shape index (κ2) is 6.79. The maximum absolute atomic E-state index is 12.9. The molecule has 0 aliphatic heterocycles. The minimum Gasteiger partial charge on any atom is -0.455 e. The van der Waals surface area contributed by atoms with E-state index in [1.807, 2.05) is 0 Å². The smallest absolute Gasteiger partial charge is 0.312 e. The number of halogens is 1. The van der Waals surface area contributed by atoms with Gasteiger partial charge in [-0.1, -0.05) is 42.6 Å². The lowest BCUT2D eigenvalue weighted by molar-refractivity contribution is -0.171. The monoisotopic (exact) mass is 425 g/mol. The van der Waals surface area contributed by atoms with E-state index in [-0.39, 0.29) is 34.3 Å². The van der Waals surface area contributed by atoms with Crippen LogP contribution in [-0.2, 0) is 14.3 Å². The molecular weight excluding hydrogens is 394 g/mol. The fraction of sp³-hybridized carbons (Fsp3) is 0.905. The number of hydrogen-bond donors (Lipinski definition) is 1. The van der Waals surface area contributed by atoms with Crippen LogP contribution in [0.4, 0.5) is 0 Å². The van der Waals surface area contributed by atoms with Crippen LogP contribution < -0.4 is 5.32 Å². The molecule has 5 aliphatic rings. The Morgan fingerprint density at radius 3 is 2.46 bits per heavy atom. The van der Waals surface area contributed by atoms with Crippen LogP contribution in [0.1, 0.15) is 71.6 Å². The highest BCUT2D eigenvalue weighted by molar-refractivity contribution is 9.10. The molecular formula is C21H32BrNO3. The molecule has 0 aromatic heterocycles. The second-order valence-electron chi connectivity index (χ2n) is 9.91. The number of esters is 1. The van der Waals surface area contributed by atoms with Gasteiger partial charge < -0.3 is 10.1 Å². The Hall–Kier alpha value is -0.580. The van der Waals surface area contributed by atoms with Crippen LogP contribution in [0.15, 0.2) is 0 Å². The molecule has 5 atom stereocenters. The van der Waals surface area contributed by atoms with E-state index < -0.39 is 0 Å². The third-order valence-corrected chi connectivity index (χ3v) is 8.74. The third-order valence-electron chi connectivity index (χ3n) is 7.81. The molecule has 0 heterocycles. The highest BCUT2D eigenvalue weighted by Crippen LogP contribution is 2.64. The Morgan fingerprint density at radius 1 is 1.12 bits per heavy atom. The van der Waals surface area contributed by atoms with Crippen molar-refractivity contribution in [2.45, 2.75) is 82.0 Å². The van der Waals surface area contributed by atoms with Gasteiger partial charge in [-0.15, -0.1) is 0 Å². The molecule has 5 rings (SSSR count). The van der Waals surface area contributed by atoms with E-state index in [1.54, 1.807) is 0 Å². The summed E-state index contributed by atoms with van der Waals surface area (Å²) in [6, 6.07) is 0.218. The molecule has 5 aliphatic carbocycles. The number of nitrogens with one attached hydrogen (secondary N) is 1. The van der Waals surface area contributed by atoms with E-state index >= 15 is 0 Å². The molecule has 26 heavy (non-hydrogen) atoms. The van der Waals surface area contributed by atoms with E-state index in [9.17, 15) is 9.59 Å².